The molecule has 0 bridgehead atoms. The molecule has 0 fully saturated rings. The van der Waals surface area contributed by atoms with E-state index in [1.54, 1.807) is 0 Å². The van der Waals surface area contributed by atoms with Crippen LogP contribution in [0.3, 0.4) is 0 Å². The summed E-state index contributed by atoms with van der Waals surface area (Å²) in [5, 5.41) is -2.94. The van der Waals surface area contributed by atoms with E-state index >= 15 is 0 Å². The van der Waals surface area contributed by atoms with Crippen molar-refractivity contribution in [3.8, 4) is 0 Å². The number of alkyl halides is 2. The van der Waals surface area contributed by atoms with Gasteiger partial charge in [-0.15, -0.1) is 0 Å². The van der Waals surface area contributed by atoms with Crippen LogP contribution < -0.4 is 0 Å². The number of halogens is 2. The average Bonchev–Trinajstić information content (AvgIpc) is 2.03. The maximum Gasteiger partial charge on any atom is 0.298 e. The van der Waals surface area contributed by atoms with Crippen LogP contribution in [0.15, 0.2) is 17.6 Å². The number of rotatable bonds is 3. The highest BCUT2D eigenvalue weighted by Crippen LogP contribution is 2.32. The van der Waals surface area contributed by atoms with E-state index in [4.69, 9.17) is 0 Å². The van der Waals surface area contributed by atoms with Gasteiger partial charge >= 0.3 is 0 Å². The number of aromatic nitrogens is 2. The summed E-state index contributed by atoms with van der Waals surface area (Å²) in [6.07, 6.45) is 2.96. The summed E-state index contributed by atoms with van der Waals surface area (Å²) in [4.78, 5) is 17.3. The lowest BCUT2D eigenvalue weighted by Gasteiger charge is -2.06. The van der Waals surface area contributed by atoms with E-state index in [2.05, 4.69) is 9.97 Å². The molecule has 0 saturated heterocycles. The van der Waals surface area contributed by atoms with Gasteiger partial charge in [0.15, 0.2) is 11.4 Å². The van der Waals surface area contributed by atoms with E-state index < -0.39 is 5.25 Å². The smallest absolute Gasteiger partial charge is 0.298 e. The molecule has 0 unspecified atom stereocenters. The highest BCUT2D eigenvalue weighted by molar-refractivity contribution is 8.00. The van der Waals surface area contributed by atoms with Gasteiger partial charge in [-0.1, -0.05) is 0 Å². The predicted octanol–water partition coefficient (Wildman–Crippen LogP) is 1.99. The fourth-order valence-corrected chi connectivity index (χ4v) is 1.13. The van der Waals surface area contributed by atoms with Gasteiger partial charge in [0, 0.05) is 19.3 Å². The number of nitrogens with zero attached hydrogens (tertiary/aromatic N) is 2. The zero-order valence-electron chi connectivity index (χ0n) is 6.70. The molecule has 6 heteroatoms. The molecule has 0 aliphatic heterocycles. The quantitative estimate of drug-likeness (QED) is 0.429. The first-order valence-corrected chi connectivity index (χ1v) is 4.17. The highest BCUT2D eigenvalue weighted by Gasteiger charge is 2.24. The van der Waals surface area contributed by atoms with Crippen LogP contribution in [0, 0.1) is 0 Å². The Morgan fingerprint density at radius 3 is 2.38 bits per heavy atom. The molecule has 0 amide bonds. The van der Waals surface area contributed by atoms with Crippen molar-refractivity contribution in [1.29, 1.82) is 0 Å². The first kappa shape index (κ1) is 10.0. The summed E-state index contributed by atoms with van der Waals surface area (Å²) < 4.78 is 24.8. The second-order valence-corrected chi connectivity index (χ2v) is 3.61. The molecule has 0 aliphatic rings. The number of hydrogen-bond acceptors (Lipinski definition) is 4. The molecule has 0 aliphatic carbocycles. The van der Waals surface area contributed by atoms with Gasteiger partial charge in [0.2, 0.25) is 0 Å². The first-order valence-electron chi connectivity index (χ1n) is 3.35. The van der Waals surface area contributed by atoms with Crippen molar-refractivity contribution in [3.05, 3.63) is 18.0 Å². The molecule has 1 aromatic rings. The third kappa shape index (κ3) is 3.45. The van der Waals surface area contributed by atoms with Crippen LogP contribution >= 0.6 is 11.8 Å². The van der Waals surface area contributed by atoms with Crippen molar-refractivity contribution >= 4 is 18.0 Å². The van der Waals surface area contributed by atoms with Gasteiger partial charge in [0.25, 0.3) is 5.25 Å². The molecule has 1 rings (SSSR count). The molecule has 3 nitrogen and oxygen atoms in total. The Hall–Kier alpha value is -1.04. The largest absolute Gasteiger partial charge is 0.298 e. The Labute approximate surface area is 77.6 Å². The van der Waals surface area contributed by atoms with Gasteiger partial charge in [-0.25, -0.2) is 9.97 Å². The molecular formula is C7H6F2N2OS. The van der Waals surface area contributed by atoms with E-state index in [1.165, 1.54) is 12.4 Å². The topological polar surface area (TPSA) is 42.9 Å². The van der Waals surface area contributed by atoms with Gasteiger partial charge in [-0.3, -0.25) is 4.79 Å². The van der Waals surface area contributed by atoms with Crippen LogP contribution in [0.25, 0.3) is 0 Å². The van der Waals surface area contributed by atoms with Crippen LogP contribution in [0.1, 0.15) is 17.3 Å². The molecule has 0 radical (unpaired) electrons. The predicted molar refractivity (Wildman–Crippen MR) is 43.9 cm³/mol. The van der Waals surface area contributed by atoms with Gasteiger partial charge in [-0.05, 0) is 11.8 Å². The second-order valence-electron chi connectivity index (χ2n) is 2.33. The molecule has 70 valence electrons. The summed E-state index contributed by atoms with van der Waals surface area (Å²) in [6, 6.07) is 0. The lowest BCUT2D eigenvalue weighted by molar-refractivity contribution is 0.112. The van der Waals surface area contributed by atoms with E-state index in [0.717, 1.165) is 6.92 Å². The SMILES string of the molecule is CC(F)(F)Sc1ncc(C=O)cn1. The van der Waals surface area contributed by atoms with Gasteiger partial charge in [-0.2, -0.15) is 8.78 Å². The summed E-state index contributed by atoms with van der Waals surface area (Å²) >= 11 is 0.248. The van der Waals surface area contributed by atoms with Crippen LogP contribution in [0.5, 0.6) is 0 Å². The Morgan fingerprint density at radius 2 is 2.00 bits per heavy atom. The van der Waals surface area contributed by atoms with Crippen molar-refractivity contribution in [1.82, 2.24) is 9.97 Å². The molecule has 0 spiro atoms. The molecule has 13 heavy (non-hydrogen) atoms. The lowest BCUT2D eigenvalue weighted by atomic mass is 10.4. The van der Waals surface area contributed by atoms with Crippen LogP contribution in [-0.2, 0) is 0 Å². The van der Waals surface area contributed by atoms with E-state index in [1.807, 2.05) is 0 Å². The molecule has 1 heterocycles. The van der Waals surface area contributed by atoms with Gasteiger partial charge in [0.1, 0.15) is 0 Å². The van der Waals surface area contributed by atoms with E-state index in [-0.39, 0.29) is 22.5 Å². The number of hydrogen-bond donors (Lipinski definition) is 0. The third-order valence-electron chi connectivity index (χ3n) is 1.05. The third-order valence-corrected chi connectivity index (χ3v) is 1.81. The van der Waals surface area contributed by atoms with Gasteiger partial charge < -0.3 is 0 Å². The van der Waals surface area contributed by atoms with Crippen molar-refractivity contribution in [2.24, 2.45) is 0 Å². The fraction of sp³-hybridized carbons (Fsp3) is 0.286. The van der Waals surface area contributed by atoms with Gasteiger partial charge in [0.05, 0.1) is 5.56 Å². The fourth-order valence-electron chi connectivity index (χ4n) is 0.600. The maximum absolute atomic E-state index is 12.4. The van der Waals surface area contributed by atoms with Crippen molar-refractivity contribution in [2.45, 2.75) is 17.3 Å². The molecule has 1 aromatic heterocycles. The normalized spacial score (nSPS) is 11.3. The number of thioether (sulfide) groups is 1. The number of carbonyl (C=O) groups is 1. The molecule has 0 saturated carbocycles. The van der Waals surface area contributed by atoms with Crippen molar-refractivity contribution in [3.63, 3.8) is 0 Å². The average molecular weight is 204 g/mol. The Morgan fingerprint density at radius 1 is 1.46 bits per heavy atom. The Balaban J connectivity index is 2.75. The maximum atomic E-state index is 12.4. The monoisotopic (exact) mass is 204 g/mol. The Bertz CT molecular complexity index is 296. The van der Waals surface area contributed by atoms with E-state index in [0.29, 0.717) is 6.29 Å². The number of carbonyl (C=O) groups excluding carboxylic acids is 1. The van der Waals surface area contributed by atoms with Crippen LogP contribution in [0.2, 0.25) is 0 Å². The summed E-state index contributed by atoms with van der Waals surface area (Å²) in [5.74, 6) is 0. The van der Waals surface area contributed by atoms with E-state index in [9.17, 15) is 13.6 Å². The first-order chi connectivity index (χ1) is 6.01. The molecule has 0 aromatic carbocycles. The summed E-state index contributed by atoms with van der Waals surface area (Å²) in [5.41, 5.74) is 0.267. The minimum Gasteiger partial charge on any atom is -0.298 e. The zero-order chi connectivity index (χ0) is 9.90. The zero-order valence-corrected chi connectivity index (χ0v) is 7.52. The minimum absolute atomic E-state index is 0.0434. The van der Waals surface area contributed by atoms with Crippen LogP contribution in [-0.4, -0.2) is 21.5 Å². The molecule has 0 atom stereocenters. The second kappa shape index (κ2) is 3.78. The summed E-state index contributed by atoms with van der Waals surface area (Å²) in [6.45, 7) is 0.759. The summed E-state index contributed by atoms with van der Waals surface area (Å²) in [7, 11) is 0. The molecule has 0 N–H and O–H groups in total. The Kier molecular flexibility index (Phi) is 2.92. The highest BCUT2D eigenvalue weighted by atomic mass is 32.2. The standard InChI is InChI=1S/C7H6F2N2OS/c1-7(8,9)13-6-10-2-5(4-12)3-11-6/h2-4H,1H3. The van der Waals surface area contributed by atoms with Crippen LogP contribution in [0.4, 0.5) is 8.78 Å². The lowest BCUT2D eigenvalue weighted by Crippen LogP contribution is -2.03. The minimum atomic E-state index is -2.90. The molecular weight excluding hydrogens is 198 g/mol. The van der Waals surface area contributed by atoms with Crippen molar-refractivity contribution in [2.75, 3.05) is 0 Å². The van der Waals surface area contributed by atoms with Crippen molar-refractivity contribution < 1.29 is 13.6 Å². The number of aldehydes is 1.